The van der Waals surface area contributed by atoms with Crippen LogP contribution in [0.2, 0.25) is 0 Å². The molecule has 6 unspecified atom stereocenters. The minimum absolute atomic E-state index is 0.0793. The molecule has 1 aliphatic carbocycles. The van der Waals surface area contributed by atoms with Crippen molar-refractivity contribution in [2.75, 3.05) is 13.2 Å². The molecule has 14 heteroatoms. The highest BCUT2D eigenvalue weighted by Gasteiger charge is 2.51. The van der Waals surface area contributed by atoms with E-state index in [0.717, 1.165) is 96.3 Å². The Hall–Kier alpha value is -2.45. The first-order chi connectivity index (χ1) is 32.4. The number of phosphoric acid groups is 1. The molecule has 0 aromatic heterocycles. The predicted molar refractivity (Wildman–Crippen MR) is 267 cm³/mol. The maximum absolute atomic E-state index is 12.9. The van der Waals surface area contributed by atoms with Gasteiger partial charge in [0.2, 0.25) is 0 Å². The van der Waals surface area contributed by atoms with Crippen molar-refractivity contribution in [1.82, 2.24) is 0 Å². The Morgan fingerprint density at radius 2 is 0.806 bits per heavy atom. The monoisotopic (exact) mass is 969 g/mol. The fourth-order valence-corrected chi connectivity index (χ4v) is 8.59. The second-order valence-electron chi connectivity index (χ2n) is 18.0. The van der Waals surface area contributed by atoms with Crippen LogP contribution in [0, 0.1) is 0 Å². The number of phosphoric ester groups is 1. The normalized spacial score (nSPS) is 21.6. The summed E-state index contributed by atoms with van der Waals surface area (Å²) in [5.41, 5.74) is 0. The molecule has 388 valence electrons. The Morgan fingerprint density at radius 1 is 0.463 bits per heavy atom. The van der Waals surface area contributed by atoms with Crippen LogP contribution in [0.5, 0.6) is 0 Å². The average Bonchev–Trinajstić information content (AvgIpc) is 3.31. The molecule has 1 rings (SSSR count). The molecule has 1 fully saturated rings. The molecule has 67 heavy (non-hydrogen) atoms. The van der Waals surface area contributed by atoms with E-state index in [1.807, 2.05) is 0 Å². The lowest BCUT2D eigenvalue weighted by Gasteiger charge is -2.41. The molecule has 0 aromatic rings. The van der Waals surface area contributed by atoms with Gasteiger partial charge in [-0.05, 0) is 83.5 Å². The molecule has 0 saturated heterocycles. The number of aliphatic hydroxyl groups is 5. The molecular weight excluding hydrogens is 876 g/mol. The molecule has 1 saturated carbocycles. The van der Waals surface area contributed by atoms with Crippen molar-refractivity contribution in [2.45, 2.75) is 249 Å². The standard InChI is InChI=1S/C53H93O13P/c1-3-5-7-9-11-13-15-17-19-21-23-25-27-29-31-33-35-37-39-41-46(54)63-43-45(44-64-67(61,62)66-53-51(59)49(57)48(56)50(58)52(53)60)65-47(55)42-40-38-36-34-32-30-28-26-24-22-20-18-16-14-12-10-8-6-4-2/h11-14,17-20,24,26,45,48-53,56-60H,3-10,15-16,21-23,25,27-44H2,1-2H3,(H,61,62)/b13-11-,14-12-,19-17-,20-18-,26-24-. The first-order valence-electron chi connectivity index (χ1n) is 26.1. The van der Waals surface area contributed by atoms with Gasteiger partial charge in [-0.2, -0.15) is 0 Å². The van der Waals surface area contributed by atoms with Crippen molar-refractivity contribution in [3.05, 3.63) is 60.8 Å². The van der Waals surface area contributed by atoms with Crippen molar-refractivity contribution >= 4 is 19.8 Å². The summed E-state index contributed by atoms with van der Waals surface area (Å²) >= 11 is 0. The smallest absolute Gasteiger partial charge is 0.462 e. The Balaban J connectivity index is 2.41. The average molecular weight is 969 g/mol. The number of hydrogen-bond donors (Lipinski definition) is 6. The highest BCUT2D eigenvalue weighted by Crippen LogP contribution is 2.47. The molecule has 0 aromatic carbocycles. The second kappa shape index (κ2) is 42.4. The largest absolute Gasteiger partial charge is 0.472 e. The van der Waals surface area contributed by atoms with E-state index in [2.05, 4.69) is 74.6 Å². The lowest BCUT2D eigenvalue weighted by Crippen LogP contribution is -2.64. The fourth-order valence-electron chi connectivity index (χ4n) is 7.62. The zero-order valence-electron chi connectivity index (χ0n) is 41.4. The molecule has 0 spiro atoms. The number of unbranched alkanes of at least 4 members (excludes halogenated alkanes) is 21. The molecule has 6 atom stereocenters. The van der Waals surface area contributed by atoms with E-state index < -0.39 is 75.7 Å². The van der Waals surface area contributed by atoms with Gasteiger partial charge in [-0.3, -0.25) is 18.6 Å². The number of aliphatic hydroxyl groups excluding tert-OH is 5. The maximum Gasteiger partial charge on any atom is 0.472 e. The van der Waals surface area contributed by atoms with E-state index in [9.17, 15) is 44.6 Å². The molecule has 6 N–H and O–H groups in total. The van der Waals surface area contributed by atoms with Crippen LogP contribution in [0.3, 0.4) is 0 Å². The van der Waals surface area contributed by atoms with Crippen LogP contribution < -0.4 is 0 Å². The van der Waals surface area contributed by atoms with Gasteiger partial charge >= 0.3 is 19.8 Å². The van der Waals surface area contributed by atoms with Crippen molar-refractivity contribution < 1.29 is 63.1 Å². The van der Waals surface area contributed by atoms with Gasteiger partial charge in [0, 0.05) is 12.8 Å². The van der Waals surface area contributed by atoms with E-state index in [-0.39, 0.29) is 12.8 Å². The number of rotatable bonds is 43. The van der Waals surface area contributed by atoms with E-state index in [1.54, 1.807) is 0 Å². The van der Waals surface area contributed by atoms with Gasteiger partial charge in [0.25, 0.3) is 0 Å². The minimum Gasteiger partial charge on any atom is -0.462 e. The third-order valence-electron chi connectivity index (χ3n) is 11.8. The van der Waals surface area contributed by atoms with Gasteiger partial charge < -0.3 is 39.9 Å². The van der Waals surface area contributed by atoms with Gasteiger partial charge in [-0.25, -0.2) is 4.57 Å². The number of ether oxygens (including phenoxy) is 2. The third kappa shape index (κ3) is 34.5. The maximum atomic E-state index is 12.9. The Bertz CT molecular complexity index is 1400. The summed E-state index contributed by atoms with van der Waals surface area (Å²) < 4.78 is 33.6. The lowest BCUT2D eigenvalue weighted by atomic mass is 9.85. The number of carbonyl (C=O) groups is 2. The van der Waals surface area contributed by atoms with E-state index >= 15 is 0 Å². The van der Waals surface area contributed by atoms with Gasteiger partial charge in [0.1, 0.15) is 43.2 Å². The summed E-state index contributed by atoms with van der Waals surface area (Å²) in [5, 5.41) is 50.3. The van der Waals surface area contributed by atoms with E-state index in [4.69, 9.17) is 18.5 Å². The SMILES string of the molecule is CCCCC/C=C\C/C=C\C/C=C\CCCCCCCCC(=O)OC(COC(=O)CCCCCCCCCCC/C=C\C/C=C\CCCCC)COP(=O)(O)OC1C(O)C(O)C(O)C(O)C1O. The number of esters is 2. The Kier molecular flexibility index (Phi) is 39.6. The highest BCUT2D eigenvalue weighted by atomic mass is 31.2. The third-order valence-corrected chi connectivity index (χ3v) is 12.8. The zero-order valence-corrected chi connectivity index (χ0v) is 42.3. The number of allylic oxidation sites excluding steroid dienone is 10. The summed E-state index contributed by atoms with van der Waals surface area (Å²) in [6, 6.07) is 0. The molecule has 0 radical (unpaired) electrons. The topological polar surface area (TPSA) is 210 Å². The summed E-state index contributed by atoms with van der Waals surface area (Å²) in [6.45, 7) is 3.25. The van der Waals surface area contributed by atoms with Crippen LogP contribution in [0.4, 0.5) is 0 Å². The summed E-state index contributed by atoms with van der Waals surface area (Å²) in [6.07, 6.45) is 39.7. The van der Waals surface area contributed by atoms with E-state index in [1.165, 1.54) is 70.6 Å². The number of hydrogen-bond acceptors (Lipinski definition) is 12. The first kappa shape index (κ1) is 62.6. The second-order valence-corrected chi connectivity index (χ2v) is 19.4. The van der Waals surface area contributed by atoms with Crippen molar-refractivity contribution in [1.29, 1.82) is 0 Å². The van der Waals surface area contributed by atoms with Crippen LogP contribution in [0.15, 0.2) is 60.8 Å². The fraction of sp³-hybridized carbons (Fsp3) is 0.774. The first-order valence-corrected chi connectivity index (χ1v) is 27.6. The van der Waals surface area contributed by atoms with Crippen molar-refractivity contribution in [3.8, 4) is 0 Å². The quantitative estimate of drug-likeness (QED) is 0.0146. The summed E-state index contributed by atoms with van der Waals surface area (Å²) in [5.74, 6) is -1.12. The zero-order chi connectivity index (χ0) is 49.2. The van der Waals surface area contributed by atoms with Gasteiger partial charge in [0.05, 0.1) is 6.61 Å². The van der Waals surface area contributed by atoms with Crippen LogP contribution in [0.25, 0.3) is 0 Å². The molecule has 0 aliphatic heterocycles. The molecule has 0 amide bonds. The minimum atomic E-state index is -5.13. The summed E-state index contributed by atoms with van der Waals surface area (Å²) in [4.78, 5) is 35.9. The summed E-state index contributed by atoms with van der Waals surface area (Å²) in [7, 11) is -5.13. The Labute approximate surface area is 404 Å². The Morgan fingerprint density at radius 3 is 1.22 bits per heavy atom. The molecule has 0 heterocycles. The molecular formula is C53H93O13P. The molecule has 0 bridgehead atoms. The van der Waals surface area contributed by atoms with Gasteiger partial charge in [-0.15, -0.1) is 0 Å². The lowest BCUT2D eigenvalue weighted by molar-refractivity contribution is -0.220. The van der Waals surface area contributed by atoms with Crippen LogP contribution >= 0.6 is 7.82 Å². The van der Waals surface area contributed by atoms with Crippen LogP contribution in [-0.2, 0) is 32.7 Å². The molecule has 1 aliphatic rings. The van der Waals surface area contributed by atoms with Crippen molar-refractivity contribution in [2.24, 2.45) is 0 Å². The van der Waals surface area contributed by atoms with E-state index in [0.29, 0.717) is 12.8 Å². The van der Waals surface area contributed by atoms with Crippen LogP contribution in [-0.4, -0.2) is 98.3 Å². The van der Waals surface area contributed by atoms with Crippen molar-refractivity contribution in [3.63, 3.8) is 0 Å². The van der Waals surface area contributed by atoms with Crippen LogP contribution in [0.1, 0.15) is 206 Å². The molecule has 13 nitrogen and oxygen atoms in total. The van der Waals surface area contributed by atoms with Gasteiger partial charge in [-0.1, -0.05) is 171 Å². The predicted octanol–water partition coefficient (Wildman–Crippen LogP) is 11.3. The number of carbonyl (C=O) groups excluding carboxylic acids is 2. The van der Waals surface area contributed by atoms with Gasteiger partial charge in [0.15, 0.2) is 6.10 Å². The highest BCUT2D eigenvalue weighted by molar-refractivity contribution is 7.47.